The molecule has 5 nitrogen and oxygen atoms in total. The Hall–Kier alpha value is -2.41. The van der Waals surface area contributed by atoms with Crippen LogP contribution in [-0.4, -0.2) is 30.8 Å². The number of carbonyl (C=O) groups is 1. The summed E-state index contributed by atoms with van der Waals surface area (Å²) < 4.78 is 5.67. The van der Waals surface area contributed by atoms with Crippen LogP contribution in [0.15, 0.2) is 46.3 Å². The lowest BCUT2D eigenvalue weighted by Gasteiger charge is -2.41. The lowest BCUT2D eigenvalue weighted by atomic mass is 9.88. The Labute approximate surface area is 202 Å². The molecule has 1 fully saturated rings. The van der Waals surface area contributed by atoms with E-state index in [-0.39, 0.29) is 11.4 Å². The predicted molar refractivity (Wildman–Crippen MR) is 136 cm³/mol. The maximum atomic E-state index is 12.6. The van der Waals surface area contributed by atoms with Gasteiger partial charge in [0.15, 0.2) is 5.17 Å². The first-order chi connectivity index (χ1) is 15.1. The zero-order valence-corrected chi connectivity index (χ0v) is 20.7. The zero-order chi connectivity index (χ0) is 23.2. The van der Waals surface area contributed by atoms with Crippen LogP contribution >= 0.6 is 35.0 Å². The number of aliphatic imine (C=N–C) groups is 1. The fourth-order valence-electron chi connectivity index (χ4n) is 3.78. The Morgan fingerprint density at radius 1 is 1.19 bits per heavy atom. The first-order valence-electron chi connectivity index (χ1n) is 9.99. The molecule has 0 aliphatic carbocycles. The van der Waals surface area contributed by atoms with Gasteiger partial charge in [0.05, 0.1) is 33.3 Å². The van der Waals surface area contributed by atoms with Crippen molar-refractivity contribution in [3.63, 3.8) is 0 Å². The number of amidine groups is 1. The molecule has 166 valence electrons. The number of anilines is 1. The van der Waals surface area contributed by atoms with Gasteiger partial charge in [0.25, 0.3) is 5.91 Å². The zero-order valence-electron chi connectivity index (χ0n) is 18.4. The highest BCUT2D eigenvalue weighted by Crippen LogP contribution is 2.42. The normalized spacial score (nSPS) is 19.8. The van der Waals surface area contributed by atoms with E-state index in [0.29, 0.717) is 31.6 Å². The molecule has 0 saturated carbocycles. The number of thioether (sulfide) groups is 1. The molecule has 0 spiro atoms. The van der Waals surface area contributed by atoms with Crippen molar-refractivity contribution in [2.45, 2.75) is 26.3 Å². The first kappa shape index (κ1) is 22.8. The molecule has 32 heavy (non-hydrogen) atoms. The Morgan fingerprint density at radius 2 is 1.94 bits per heavy atom. The predicted octanol–water partition coefficient (Wildman–Crippen LogP) is 6.53. The number of nitrogens with zero attached hydrogens (tertiary/aromatic N) is 2. The average molecular weight is 488 g/mol. The summed E-state index contributed by atoms with van der Waals surface area (Å²) in [7, 11) is 3.71. The number of carbonyl (C=O) groups excluding carboxylic acids is 1. The number of hydrogen-bond acceptors (Lipinski definition) is 5. The van der Waals surface area contributed by atoms with Crippen LogP contribution in [0.1, 0.15) is 31.9 Å². The third-order valence-electron chi connectivity index (χ3n) is 5.64. The van der Waals surface area contributed by atoms with Gasteiger partial charge in [0, 0.05) is 29.9 Å². The maximum Gasteiger partial charge on any atom is 0.264 e. The molecular weight excluding hydrogens is 465 g/mol. The van der Waals surface area contributed by atoms with Gasteiger partial charge in [-0.2, -0.15) is 0 Å². The number of rotatable bonds is 3. The summed E-state index contributed by atoms with van der Waals surface area (Å²) in [5, 5.41) is 4.15. The molecule has 1 amide bonds. The number of ether oxygens (including phenoxy) is 1. The van der Waals surface area contributed by atoms with Crippen LogP contribution in [-0.2, 0) is 4.79 Å². The quantitative estimate of drug-likeness (QED) is 0.500. The molecule has 4 rings (SSSR count). The molecule has 0 radical (unpaired) electrons. The summed E-state index contributed by atoms with van der Waals surface area (Å²) in [6.07, 6.45) is 4.08. The van der Waals surface area contributed by atoms with E-state index in [1.807, 2.05) is 12.1 Å². The van der Waals surface area contributed by atoms with Crippen LogP contribution in [0.25, 0.3) is 11.6 Å². The number of fused-ring (bicyclic) bond motifs is 1. The Morgan fingerprint density at radius 3 is 2.62 bits per heavy atom. The third kappa shape index (κ3) is 4.27. The number of likely N-dealkylation sites (N-methyl/N-ethyl adjacent to an activating group) is 1. The van der Waals surface area contributed by atoms with Gasteiger partial charge in [-0.3, -0.25) is 4.79 Å². The van der Waals surface area contributed by atoms with Crippen LogP contribution in [0, 0.1) is 0 Å². The van der Waals surface area contributed by atoms with Gasteiger partial charge < -0.3 is 15.0 Å². The molecular formula is C24H23Cl2N3O2S. The molecule has 1 saturated heterocycles. The number of methoxy groups -OCH3 is 1. The molecule has 0 atom stereocenters. The van der Waals surface area contributed by atoms with Crippen LogP contribution in [0.3, 0.4) is 0 Å². The van der Waals surface area contributed by atoms with Gasteiger partial charge in [-0.05, 0) is 68.4 Å². The second kappa shape index (κ2) is 8.50. The maximum absolute atomic E-state index is 12.6. The highest BCUT2D eigenvalue weighted by atomic mass is 35.5. The minimum absolute atomic E-state index is 0.0980. The van der Waals surface area contributed by atoms with Gasteiger partial charge in [-0.1, -0.05) is 29.3 Å². The van der Waals surface area contributed by atoms with Crippen molar-refractivity contribution < 1.29 is 9.53 Å². The van der Waals surface area contributed by atoms with E-state index in [9.17, 15) is 4.79 Å². The van der Waals surface area contributed by atoms with E-state index >= 15 is 0 Å². The molecule has 0 aromatic heterocycles. The number of allylic oxidation sites excluding steroid dienone is 1. The second-order valence-corrected chi connectivity index (χ2v) is 10.1. The standard InChI is InChI=1S/C24H23Cl2N3O2S/c1-13-12-24(2,3)29(4)19-11-20(31-5)14(8-16(13)19)9-21-22(30)28-23(32-21)27-15-6-7-17(25)18(26)10-15/h6-12H,1-5H3,(H,27,28,30)/b21-9+. The lowest BCUT2D eigenvalue weighted by Crippen LogP contribution is -2.42. The van der Waals surface area contributed by atoms with Crippen LogP contribution in [0.5, 0.6) is 5.75 Å². The molecule has 0 bridgehead atoms. The number of benzene rings is 2. The summed E-state index contributed by atoms with van der Waals surface area (Å²) in [6.45, 7) is 6.46. The Kier molecular flexibility index (Phi) is 6.05. The lowest BCUT2D eigenvalue weighted by molar-refractivity contribution is -0.115. The van der Waals surface area contributed by atoms with Crippen LogP contribution < -0.4 is 15.0 Å². The minimum atomic E-state index is -0.209. The highest BCUT2D eigenvalue weighted by molar-refractivity contribution is 8.18. The number of amides is 1. The first-order valence-corrected chi connectivity index (χ1v) is 11.6. The smallest absolute Gasteiger partial charge is 0.264 e. The fourth-order valence-corrected chi connectivity index (χ4v) is 4.90. The fraction of sp³-hybridized carbons (Fsp3) is 0.250. The molecule has 0 unspecified atom stereocenters. The van der Waals surface area contributed by atoms with Gasteiger partial charge in [0.1, 0.15) is 5.75 Å². The van der Waals surface area contributed by atoms with Crippen molar-refractivity contribution in [1.29, 1.82) is 0 Å². The summed E-state index contributed by atoms with van der Waals surface area (Å²) in [5.41, 5.74) is 4.75. The van der Waals surface area contributed by atoms with Crippen LogP contribution in [0.4, 0.5) is 11.4 Å². The molecule has 1 N–H and O–H groups in total. The molecule has 2 aromatic rings. The average Bonchev–Trinajstić information content (AvgIpc) is 3.07. The third-order valence-corrected chi connectivity index (χ3v) is 7.29. The van der Waals surface area contributed by atoms with Crippen LogP contribution in [0.2, 0.25) is 10.0 Å². The van der Waals surface area contributed by atoms with Crippen molar-refractivity contribution in [1.82, 2.24) is 5.32 Å². The summed E-state index contributed by atoms with van der Waals surface area (Å²) in [5.74, 6) is 0.496. The van der Waals surface area contributed by atoms with E-state index in [2.05, 4.69) is 55.2 Å². The van der Waals surface area contributed by atoms with Gasteiger partial charge in [-0.25, -0.2) is 4.99 Å². The van der Waals surface area contributed by atoms with E-state index in [1.165, 1.54) is 17.3 Å². The molecule has 8 heteroatoms. The van der Waals surface area contributed by atoms with Crippen molar-refractivity contribution in [3.05, 3.63) is 62.5 Å². The van der Waals surface area contributed by atoms with Crippen molar-refractivity contribution >= 4 is 69.1 Å². The second-order valence-electron chi connectivity index (χ2n) is 8.23. The summed E-state index contributed by atoms with van der Waals surface area (Å²) >= 11 is 13.3. The largest absolute Gasteiger partial charge is 0.496 e. The summed E-state index contributed by atoms with van der Waals surface area (Å²) in [6, 6.07) is 9.18. The SMILES string of the molecule is COc1cc2c(cc1/C=C1/SC(=Nc3ccc(Cl)c(Cl)c3)NC1=O)C(C)=CC(C)(C)N2C. The topological polar surface area (TPSA) is 53.9 Å². The Bertz CT molecular complexity index is 1220. The Balaban J connectivity index is 1.69. The number of halogens is 2. The molecule has 2 heterocycles. The van der Waals surface area contributed by atoms with E-state index < -0.39 is 0 Å². The van der Waals surface area contributed by atoms with Crippen molar-refractivity contribution in [3.8, 4) is 5.75 Å². The van der Waals surface area contributed by atoms with Gasteiger partial charge >= 0.3 is 0 Å². The van der Waals surface area contributed by atoms with Gasteiger partial charge in [0.2, 0.25) is 0 Å². The molecule has 2 aliphatic rings. The molecule has 2 aliphatic heterocycles. The monoisotopic (exact) mass is 487 g/mol. The van der Waals surface area contributed by atoms with E-state index in [4.69, 9.17) is 27.9 Å². The van der Waals surface area contributed by atoms with Crippen molar-refractivity contribution in [2.75, 3.05) is 19.1 Å². The minimum Gasteiger partial charge on any atom is -0.496 e. The summed E-state index contributed by atoms with van der Waals surface area (Å²) in [4.78, 5) is 19.8. The molecule has 2 aromatic carbocycles. The number of hydrogen-bond donors (Lipinski definition) is 1. The number of nitrogens with one attached hydrogen (secondary N) is 1. The van der Waals surface area contributed by atoms with Crippen molar-refractivity contribution in [2.24, 2.45) is 4.99 Å². The van der Waals surface area contributed by atoms with E-state index in [0.717, 1.165) is 16.8 Å². The van der Waals surface area contributed by atoms with Gasteiger partial charge in [-0.15, -0.1) is 0 Å². The van der Waals surface area contributed by atoms with E-state index in [1.54, 1.807) is 25.3 Å². The highest BCUT2D eigenvalue weighted by Gasteiger charge is 2.30.